The SMILES string of the molecule is CCCCCCCCCCCCCCCCC/C=C\C/C=C\CCCCCCCCCCCCCCCCCCC(O)C(=O)NC(CO)C(O)C(O)CCC/C=C/CCCCCCCCCCCCCCCCCCCCCCC. The molecule has 0 aliphatic rings. The number of unbranched alkanes of at least 4 members (excludes halogenated alkanes) is 53. The minimum Gasteiger partial charge on any atom is -0.394 e. The highest BCUT2D eigenvalue weighted by Gasteiger charge is 2.28. The van der Waals surface area contributed by atoms with Crippen molar-refractivity contribution >= 4 is 5.91 Å². The normalized spacial score (nSPS) is 13.6. The van der Waals surface area contributed by atoms with Crippen molar-refractivity contribution in [3.63, 3.8) is 0 Å². The first-order valence-corrected chi connectivity index (χ1v) is 36.4. The van der Waals surface area contributed by atoms with Crippen molar-refractivity contribution in [3.8, 4) is 0 Å². The predicted molar refractivity (Wildman–Crippen MR) is 353 cm³/mol. The van der Waals surface area contributed by atoms with E-state index in [2.05, 4.69) is 55.6 Å². The van der Waals surface area contributed by atoms with Crippen LogP contribution in [0.5, 0.6) is 0 Å². The second-order valence-corrected chi connectivity index (χ2v) is 25.3. The topological polar surface area (TPSA) is 110 Å². The van der Waals surface area contributed by atoms with Gasteiger partial charge in [-0.05, 0) is 70.6 Å². The zero-order chi connectivity index (χ0) is 58.0. The maximum Gasteiger partial charge on any atom is 0.249 e. The fourth-order valence-corrected chi connectivity index (χ4v) is 11.7. The number of nitrogens with one attached hydrogen (secondary N) is 1. The number of aliphatic hydroxyl groups excluding tert-OH is 4. The number of aliphatic hydroxyl groups is 4. The van der Waals surface area contributed by atoms with Crippen LogP contribution in [0.1, 0.15) is 399 Å². The fraction of sp³-hybridized carbons (Fsp3) is 0.905. The van der Waals surface area contributed by atoms with Crippen LogP contribution < -0.4 is 5.32 Å². The number of carbonyl (C=O) groups excluding carboxylic acids is 1. The third-order valence-corrected chi connectivity index (χ3v) is 17.3. The van der Waals surface area contributed by atoms with Gasteiger partial charge in [-0.2, -0.15) is 0 Å². The molecular weight excluding hydrogens is 983 g/mol. The average molecular weight is 1130 g/mol. The maximum atomic E-state index is 12.7. The summed E-state index contributed by atoms with van der Waals surface area (Å²) in [7, 11) is 0. The molecule has 6 heteroatoms. The molecule has 474 valence electrons. The maximum absolute atomic E-state index is 12.7. The van der Waals surface area contributed by atoms with Crippen molar-refractivity contribution < 1.29 is 25.2 Å². The Bertz CT molecular complexity index is 1270. The van der Waals surface area contributed by atoms with E-state index in [0.717, 1.165) is 44.9 Å². The second kappa shape index (κ2) is 68.3. The number of rotatable bonds is 68. The molecule has 0 fully saturated rings. The van der Waals surface area contributed by atoms with Crippen LogP contribution in [-0.4, -0.2) is 57.3 Å². The number of carbonyl (C=O) groups is 1. The molecule has 0 aliphatic heterocycles. The fourth-order valence-electron chi connectivity index (χ4n) is 11.7. The Kier molecular flexibility index (Phi) is 67.1. The van der Waals surface area contributed by atoms with Gasteiger partial charge in [0.2, 0.25) is 5.91 Å². The molecule has 4 unspecified atom stereocenters. The summed E-state index contributed by atoms with van der Waals surface area (Å²) in [5.41, 5.74) is 0. The van der Waals surface area contributed by atoms with Gasteiger partial charge in [-0.3, -0.25) is 4.79 Å². The van der Waals surface area contributed by atoms with E-state index in [0.29, 0.717) is 12.8 Å². The molecule has 0 aliphatic carbocycles. The van der Waals surface area contributed by atoms with Gasteiger partial charge in [-0.1, -0.05) is 365 Å². The Hall–Kier alpha value is -1.47. The molecule has 5 N–H and O–H groups in total. The summed E-state index contributed by atoms with van der Waals surface area (Å²) in [4.78, 5) is 12.7. The highest BCUT2D eigenvalue weighted by Crippen LogP contribution is 2.19. The van der Waals surface area contributed by atoms with Gasteiger partial charge in [0.1, 0.15) is 12.2 Å². The van der Waals surface area contributed by atoms with Crippen LogP contribution in [0.4, 0.5) is 0 Å². The van der Waals surface area contributed by atoms with E-state index in [9.17, 15) is 25.2 Å². The molecule has 6 nitrogen and oxygen atoms in total. The van der Waals surface area contributed by atoms with Gasteiger partial charge in [-0.25, -0.2) is 0 Å². The third kappa shape index (κ3) is 61.1. The van der Waals surface area contributed by atoms with Gasteiger partial charge in [0.05, 0.1) is 18.8 Å². The van der Waals surface area contributed by atoms with Gasteiger partial charge < -0.3 is 25.7 Å². The van der Waals surface area contributed by atoms with E-state index in [1.54, 1.807) is 0 Å². The van der Waals surface area contributed by atoms with E-state index in [4.69, 9.17) is 0 Å². The van der Waals surface area contributed by atoms with Gasteiger partial charge in [0, 0.05) is 0 Å². The highest BCUT2D eigenvalue weighted by atomic mass is 16.3. The molecule has 0 bridgehead atoms. The lowest BCUT2D eigenvalue weighted by Gasteiger charge is -2.27. The Morgan fingerprint density at radius 2 is 0.550 bits per heavy atom. The van der Waals surface area contributed by atoms with Crippen molar-refractivity contribution in [1.29, 1.82) is 0 Å². The van der Waals surface area contributed by atoms with Crippen LogP contribution in [0, 0.1) is 0 Å². The van der Waals surface area contributed by atoms with Crippen molar-refractivity contribution in [2.75, 3.05) is 6.61 Å². The van der Waals surface area contributed by atoms with Crippen LogP contribution in [0.25, 0.3) is 0 Å². The molecule has 0 rings (SSSR count). The monoisotopic (exact) mass is 1130 g/mol. The van der Waals surface area contributed by atoms with E-state index >= 15 is 0 Å². The van der Waals surface area contributed by atoms with E-state index in [1.807, 2.05) is 0 Å². The predicted octanol–water partition coefficient (Wildman–Crippen LogP) is 22.7. The minimum atomic E-state index is -1.28. The molecule has 0 saturated heterocycles. The molecule has 4 atom stereocenters. The summed E-state index contributed by atoms with van der Waals surface area (Å²) in [5.74, 6) is -0.587. The van der Waals surface area contributed by atoms with Crippen molar-refractivity contribution in [3.05, 3.63) is 36.5 Å². The van der Waals surface area contributed by atoms with Gasteiger partial charge in [0.25, 0.3) is 0 Å². The largest absolute Gasteiger partial charge is 0.394 e. The number of hydrogen-bond acceptors (Lipinski definition) is 5. The van der Waals surface area contributed by atoms with E-state index < -0.39 is 36.9 Å². The molecule has 1 amide bonds. The summed E-state index contributed by atoms with van der Waals surface area (Å²) in [6.45, 7) is 4.10. The molecule has 80 heavy (non-hydrogen) atoms. The van der Waals surface area contributed by atoms with Crippen LogP contribution in [0.3, 0.4) is 0 Å². The molecule has 0 aromatic carbocycles. The molecule has 0 aromatic heterocycles. The first kappa shape index (κ1) is 78.5. The number of allylic oxidation sites excluding steroid dienone is 6. The molecule has 0 heterocycles. The van der Waals surface area contributed by atoms with Crippen molar-refractivity contribution in [2.45, 2.75) is 423 Å². The summed E-state index contributed by atoms with van der Waals surface area (Å²) < 4.78 is 0. The summed E-state index contributed by atoms with van der Waals surface area (Å²) in [5, 5.41) is 44.2. The van der Waals surface area contributed by atoms with Crippen LogP contribution in [0.15, 0.2) is 36.5 Å². The Balaban J connectivity index is 3.55. The third-order valence-electron chi connectivity index (χ3n) is 17.3. The van der Waals surface area contributed by atoms with Crippen molar-refractivity contribution in [2.24, 2.45) is 0 Å². The summed E-state index contributed by atoms with van der Waals surface area (Å²) >= 11 is 0. The van der Waals surface area contributed by atoms with E-state index in [1.165, 1.54) is 327 Å². The van der Waals surface area contributed by atoms with Gasteiger partial charge >= 0.3 is 0 Å². The van der Waals surface area contributed by atoms with Crippen LogP contribution >= 0.6 is 0 Å². The standard InChI is InChI=1S/C74H143NO5/c1-3-5-7-9-11-13-15-17-19-21-23-25-27-29-31-32-33-34-35-36-37-38-39-40-41-42-44-46-48-50-52-54-56-58-60-62-64-66-68-72(78)74(80)75-70(69-76)73(79)71(77)67-65-63-61-59-57-55-53-51-49-47-45-43-30-28-26-24-22-20-18-16-14-12-10-8-6-4-2/h33-34,36-37,59,61,70-73,76-79H,3-32,35,38-58,60,62-69H2,1-2H3,(H,75,80)/b34-33-,37-36-,61-59+. The smallest absolute Gasteiger partial charge is 0.249 e. The molecule has 0 radical (unpaired) electrons. The van der Waals surface area contributed by atoms with Gasteiger partial charge in [-0.15, -0.1) is 0 Å². The lowest BCUT2D eigenvalue weighted by Crippen LogP contribution is -2.53. The Morgan fingerprint density at radius 1 is 0.312 bits per heavy atom. The molecule has 0 spiro atoms. The highest BCUT2D eigenvalue weighted by molar-refractivity contribution is 5.80. The number of amides is 1. The average Bonchev–Trinajstić information content (AvgIpc) is 3.46. The minimum absolute atomic E-state index is 0.365. The Morgan fingerprint density at radius 3 is 0.825 bits per heavy atom. The lowest BCUT2D eigenvalue weighted by molar-refractivity contribution is -0.132. The first-order valence-electron chi connectivity index (χ1n) is 36.4. The Labute approximate surface area is 500 Å². The van der Waals surface area contributed by atoms with Crippen molar-refractivity contribution in [1.82, 2.24) is 5.32 Å². The lowest BCUT2D eigenvalue weighted by atomic mass is 10.00. The zero-order valence-corrected chi connectivity index (χ0v) is 54.1. The second-order valence-electron chi connectivity index (χ2n) is 25.3. The van der Waals surface area contributed by atoms with Gasteiger partial charge in [0.15, 0.2) is 0 Å². The summed E-state index contributed by atoms with van der Waals surface area (Å²) in [6, 6.07) is -1.00. The quantitative estimate of drug-likeness (QED) is 0.0308. The molecule has 0 aromatic rings. The molecule has 0 saturated carbocycles. The number of hydrogen-bond donors (Lipinski definition) is 5. The van der Waals surface area contributed by atoms with Crippen LogP contribution in [0.2, 0.25) is 0 Å². The molecular formula is C74H143NO5. The first-order chi connectivity index (χ1) is 39.5. The summed E-state index contributed by atoms with van der Waals surface area (Å²) in [6.07, 6.45) is 88.6. The van der Waals surface area contributed by atoms with E-state index in [-0.39, 0.29) is 0 Å². The zero-order valence-electron chi connectivity index (χ0n) is 54.1. The van der Waals surface area contributed by atoms with Crippen LogP contribution in [-0.2, 0) is 4.79 Å².